The topological polar surface area (TPSA) is 91.1 Å². The minimum absolute atomic E-state index is 0.00549. The molecule has 0 amide bonds. The predicted octanol–water partition coefficient (Wildman–Crippen LogP) is 5.00. The number of aryl methyl sites for hydroxylation is 1. The Morgan fingerprint density at radius 3 is 2.32 bits per heavy atom. The zero-order valence-electron chi connectivity index (χ0n) is 20.8. The molecular formula is C27H27ClF2N6O. The van der Waals surface area contributed by atoms with Gasteiger partial charge in [-0.1, -0.05) is 23.7 Å². The number of nitrogens with one attached hydrogen (secondary N) is 1. The minimum Gasteiger partial charge on any atom is -0.382 e. The van der Waals surface area contributed by atoms with Crippen LogP contribution in [0, 0.1) is 18.7 Å². The largest absolute Gasteiger partial charge is 0.382 e. The van der Waals surface area contributed by atoms with Gasteiger partial charge in [0, 0.05) is 60.1 Å². The second kappa shape index (κ2) is 9.72. The molecule has 0 atom stereocenters. The molecule has 0 saturated carbocycles. The van der Waals surface area contributed by atoms with E-state index in [0.717, 1.165) is 37.9 Å². The molecule has 192 valence electrons. The lowest BCUT2D eigenvalue weighted by atomic mass is 10.0. The lowest BCUT2D eigenvalue weighted by molar-refractivity contribution is 0.209. The molecule has 10 heteroatoms. The van der Waals surface area contributed by atoms with Crippen molar-refractivity contribution >= 4 is 33.9 Å². The zero-order chi connectivity index (χ0) is 26.4. The fraction of sp³-hybridized carbons (Fsp3) is 0.296. The quantitative estimate of drug-likeness (QED) is 0.390. The number of nitrogens with two attached hydrogens (primary N) is 1. The third-order valence-corrected chi connectivity index (χ3v) is 7.38. The number of aromatic nitrogens is 3. The molecule has 2 aromatic heterocycles. The number of rotatable bonds is 4. The van der Waals surface area contributed by atoms with Crippen molar-refractivity contribution in [2.24, 2.45) is 0 Å². The van der Waals surface area contributed by atoms with E-state index in [4.69, 9.17) is 17.3 Å². The maximum absolute atomic E-state index is 15.0. The van der Waals surface area contributed by atoms with Gasteiger partial charge < -0.3 is 15.6 Å². The summed E-state index contributed by atoms with van der Waals surface area (Å²) in [5.41, 5.74) is 7.70. The first-order chi connectivity index (χ1) is 17.6. The fourth-order valence-electron chi connectivity index (χ4n) is 4.79. The maximum Gasteiger partial charge on any atom is 0.259 e. The van der Waals surface area contributed by atoms with Crippen LogP contribution in [-0.2, 0) is 0 Å². The number of nitrogen functional groups attached to an aromatic ring is 1. The first-order valence-corrected chi connectivity index (χ1v) is 12.5. The van der Waals surface area contributed by atoms with E-state index in [0.29, 0.717) is 17.3 Å². The molecule has 0 aliphatic carbocycles. The van der Waals surface area contributed by atoms with Gasteiger partial charge in [-0.3, -0.25) is 9.69 Å². The van der Waals surface area contributed by atoms with Crippen LogP contribution in [0.2, 0.25) is 5.02 Å². The van der Waals surface area contributed by atoms with Crippen LogP contribution in [0.4, 0.5) is 20.3 Å². The number of piperazine rings is 1. The molecule has 1 saturated heterocycles. The molecule has 3 heterocycles. The number of hydrogen-bond acceptors (Lipinski definition) is 6. The summed E-state index contributed by atoms with van der Waals surface area (Å²) in [6.45, 7) is 9.81. The van der Waals surface area contributed by atoms with E-state index in [-0.39, 0.29) is 38.6 Å². The highest BCUT2D eigenvalue weighted by Crippen LogP contribution is 2.34. The van der Waals surface area contributed by atoms with Crippen LogP contribution in [0.3, 0.4) is 0 Å². The van der Waals surface area contributed by atoms with Gasteiger partial charge in [0.25, 0.3) is 5.56 Å². The number of aromatic amines is 1. The molecule has 4 aromatic rings. The third-order valence-electron chi connectivity index (χ3n) is 6.89. The van der Waals surface area contributed by atoms with Crippen LogP contribution in [0.1, 0.15) is 19.5 Å². The van der Waals surface area contributed by atoms with E-state index >= 15 is 0 Å². The molecule has 37 heavy (non-hydrogen) atoms. The second-order valence-corrected chi connectivity index (χ2v) is 9.91. The highest BCUT2D eigenvalue weighted by molar-refractivity contribution is 6.36. The Kier molecular flexibility index (Phi) is 6.59. The summed E-state index contributed by atoms with van der Waals surface area (Å²) in [5, 5.41) is 0.249. The molecule has 0 radical (unpaired) electrons. The van der Waals surface area contributed by atoms with Crippen molar-refractivity contribution in [3.05, 3.63) is 69.2 Å². The first kappa shape index (κ1) is 25.1. The average Bonchev–Trinajstić information content (AvgIpc) is 2.87. The summed E-state index contributed by atoms with van der Waals surface area (Å²) in [4.78, 5) is 27.8. The maximum atomic E-state index is 15.0. The van der Waals surface area contributed by atoms with Crippen LogP contribution < -0.4 is 16.2 Å². The summed E-state index contributed by atoms with van der Waals surface area (Å²) in [7, 11) is 0. The Labute approximate surface area is 217 Å². The highest BCUT2D eigenvalue weighted by atomic mass is 35.5. The van der Waals surface area contributed by atoms with E-state index in [1.54, 1.807) is 19.1 Å². The molecule has 3 N–H and O–H groups in total. The molecule has 1 aliphatic rings. The van der Waals surface area contributed by atoms with Gasteiger partial charge >= 0.3 is 0 Å². The summed E-state index contributed by atoms with van der Waals surface area (Å²) in [5.74, 6) is -1.81. The molecule has 0 bridgehead atoms. The van der Waals surface area contributed by atoms with Crippen molar-refractivity contribution in [3.8, 4) is 22.5 Å². The third kappa shape index (κ3) is 4.65. The molecule has 1 fully saturated rings. The molecule has 0 unspecified atom stereocenters. The lowest BCUT2D eigenvalue weighted by Gasteiger charge is -2.38. The number of halogens is 3. The van der Waals surface area contributed by atoms with E-state index < -0.39 is 17.3 Å². The van der Waals surface area contributed by atoms with Gasteiger partial charge in [-0.25, -0.2) is 9.37 Å². The number of benzene rings is 2. The van der Waals surface area contributed by atoms with Crippen LogP contribution in [0.5, 0.6) is 0 Å². The molecule has 2 aromatic carbocycles. The minimum atomic E-state index is -0.828. The van der Waals surface area contributed by atoms with E-state index in [2.05, 4.69) is 38.6 Å². The van der Waals surface area contributed by atoms with Gasteiger partial charge in [0.1, 0.15) is 17.2 Å². The summed E-state index contributed by atoms with van der Waals surface area (Å²) in [6, 6.07) is 10.6. The molecule has 1 aliphatic heterocycles. The van der Waals surface area contributed by atoms with Gasteiger partial charge in [-0.15, -0.1) is 0 Å². The Morgan fingerprint density at radius 2 is 1.68 bits per heavy atom. The molecule has 0 spiro atoms. The Morgan fingerprint density at radius 1 is 1.00 bits per heavy atom. The van der Waals surface area contributed by atoms with Crippen molar-refractivity contribution < 1.29 is 8.78 Å². The predicted molar refractivity (Wildman–Crippen MR) is 144 cm³/mol. The lowest BCUT2D eigenvalue weighted by Crippen LogP contribution is -2.48. The van der Waals surface area contributed by atoms with E-state index in [1.807, 2.05) is 12.1 Å². The van der Waals surface area contributed by atoms with Crippen molar-refractivity contribution in [3.63, 3.8) is 0 Å². The van der Waals surface area contributed by atoms with Gasteiger partial charge in [-0.2, -0.15) is 9.37 Å². The molecule has 5 rings (SSSR count). The number of fused-ring (bicyclic) bond motifs is 1. The van der Waals surface area contributed by atoms with Crippen LogP contribution in [-0.4, -0.2) is 52.1 Å². The normalized spacial score (nSPS) is 14.6. The SMILES string of the molecule is Cc1[nH]c(=O)c2c(F)cc(-c3nc(-c4ccc(N5CCN(C(C)C)CC5)cc4)c(F)nc3N)cc2c1Cl. The van der Waals surface area contributed by atoms with Gasteiger partial charge in [0.2, 0.25) is 5.95 Å². The number of anilines is 2. The number of pyridine rings is 1. The van der Waals surface area contributed by atoms with E-state index in [1.165, 1.54) is 6.07 Å². The van der Waals surface area contributed by atoms with E-state index in [9.17, 15) is 13.6 Å². The van der Waals surface area contributed by atoms with Gasteiger partial charge in [0.15, 0.2) is 5.82 Å². The first-order valence-electron chi connectivity index (χ1n) is 12.1. The Bertz CT molecular complexity index is 1550. The summed E-state index contributed by atoms with van der Waals surface area (Å²) >= 11 is 6.35. The number of H-pyrrole nitrogens is 1. The fourth-order valence-corrected chi connectivity index (χ4v) is 4.98. The number of hydrogen-bond donors (Lipinski definition) is 2. The highest BCUT2D eigenvalue weighted by Gasteiger charge is 2.21. The summed E-state index contributed by atoms with van der Waals surface area (Å²) < 4.78 is 29.9. The van der Waals surface area contributed by atoms with Crippen molar-refractivity contribution in [2.75, 3.05) is 36.8 Å². The van der Waals surface area contributed by atoms with Crippen molar-refractivity contribution in [1.82, 2.24) is 19.9 Å². The zero-order valence-corrected chi connectivity index (χ0v) is 21.5. The average molecular weight is 525 g/mol. The van der Waals surface area contributed by atoms with Crippen LogP contribution in [0.25, 0.3) is 33.3 Å². The number of nitrogens with zero attached hydrogens (tertiary/aromatic N) is 4. The second-order valence-electron chi connectivity index (χ2n) is 9.53. The standard InChI is InChI=1S/C27H27ClF2N6O/c1-14(2)35-8-10-36(11-9-35)18-6-4-16(5-7-18)23-25(30)34-26(31)24(33-23)17-12-19-21(20(29)13-17)27(37)32-15(3)22(19)28/h4-7,12-14H,8-11H2,1-3H3,(H2,31,34)(H,32,37). The van der Waals surface area contributed by atoms with Crippen LogP contribution in [0.15, 0.2) is 41.2 Å². The van der Waals surface area contributed by atoms with Crippen molar-refractivity contribution in [1.29, 1.82) is 0 Å². The molecule has 7 nitrogen and oxygen atoms in total. The van der Waals surface area contributed by atoms with Gasteiger partial charge in [0.05, 0.1) is 10.4 Å². The smallest absolute Gasteiger partial charge is 0.259 e. The van der Waals surface area contributed by atoms with Gasteiger partial charge in [-0.05, 0) is 45.0 Å². The summed E-state index contributed by atoms with van der Waals surface area (Å²) in [6.07, 6.45) is 0. The Hall–Kier alpha value is -3.56. The Balaban J connectivity index is 1.51. The monoisotopic (exact) mass is 524 g/mol. The molecular weight excluding hydrogens is 498 g/mol. The van der Waals surface area contributed by atoms with Crippen LogP contribution >= 0.6 is 11.6 Å². The van der Waals surface area contributed by atoms with Crippen molar-refractivity contribution in [2.45, 2.75) is 26.8 Å².